The summed E-state index contributed by atoms with van der Waals surface area (Å²) in [5.74, 6) is -0.355. The predicted octanol–water partition coefficient (Wildman–Crippen LogP) is 4.01. The molecule has 0 aromatic heterocycles. The van der Waals surface area contributed by atoms with E-state index in [-0.39, 0.29) is 12.4 Å². The molecule has 0 saturated carbocycles. The maximum Gasteiger partial charge on any atom is 0.141 e. The monoisotopic (exact) mass is 314 g/mol. The van der Waals surface area contributed by atoms with Gasteiger partial charge in [0.15, 0.2) is 0 Å². The molecule has 0 atom stereocenters. The third-order valence-electron chi connectivity index (χ3n) is 2.31. The summed E-state index contributed by atoms with van der Waals surface area (Å²) in [5.41, 5.74) is 0.304. The van der Waals surface area contributed by atoms with Crippen molar-refractivity contribution in [2.75, 3.05) is 0 Å². The average molecular weight is 315 g/mol. The minimum Gasteiger partial charge on any atom is -0.457 e. The van der Waals surface area contributed by atoms with Gasteiger partial charge in [0.05, 0.1) is 11.1 Å². The molecule has 0 unspecified atom stereocenters. The van der Waals surface area contributed by atoms with E-state index >= 15 is 0 Å². The van der Waals surface area contributed by atoms with Crippen molar-refractivity contribution in [1.29, 1.82) is 0 Å². The Kier molecular flexibility index (Phi) is 3.93. The fraction of sp³-hybridized carbons (Fsp3) is 0.0769. The number of benzene rings is 2. The van der Waals surface area contributed by atoms with Crippen molar-refractivity contribution in [3.05, 3.63) is 58.1 Å². The van der Waals surface area contributed by atoms with Crippen LogP contribution in [0.4, 0.5) is 8.78 Å². The van der Waals surface area contributed by atoms with Crippen molar-refractivity contribution in [2.45, 2.75) is 6.61 Å². The van der Waals surface area contributed by atoms with Crippen LogP contribution in [0, 0.1) is 11.6 Å². The van der Waals surface area contributed by atoms with Gasteiger partial charge < -0.3 is 9.84 Å². The molecule has 0 fully saturated rings. The Balaban J connectivity index is 2.30. The van der Waals surface area contributed by atoms with Crippen molar-refractivity contribution in [2.24, 2.45) is 0 Å². The van der Waals surface area contributed by atoms with Gasteiger partial charge in [-0.3, -0.25) is 0 Å². The first kappa shape index (κ1) is 13.0. The lowest BCUT2D eigenvalue weighted by Crippen LogP contribution is -1.93. The number of aliphatic hydroxyl groups is 1. The van der Waals surface area contributed by atoms with Crippen molar-refractivity contribution < 1.29 is 18.6 Å². The number of hydrogen-bond acceptors (Lipinski definition) is 2. The van der Waals surface area contributed by atoms with Gasteiger partial charge in [-0.05, 0) is 46.3 Å². The molecule has 0 aliphatic rings. The molecule has 5 heteroatoms. The van der Waals surface area contributed by atoms with E-state index in [4.69, 9.17) is 9.84 Å². The lowest BCUT2D eigenvalue weighted by Gasteiger charge is -2.10. The van der Waals surface area contributed by atoms with E-state index in [1.165, 1.54) is 30.3 Å². The summed E-state index contributed by atoms with van der Waals surface area (Å²) in [6, 6.07) is 8.05. The molecule has 2 nitrogen and oxygen atoms in total. The summed E-state index contributed by atoms with van der Waals surface area (Å²) in [6.07, 6.45) is 0. The Morgan fingerprint density at radius 1 is 1.11 bits per heavy atom. The molecule has 94 valence electrons. The van der Waals surface area contributed by atoms with E-state index in [1.54, 1.807) is 6.07 Å². The molecule has 2 rings (SSSR count). The van der Waals surface area contributed by atoms with Crippen LogP contribution in [0.2, 0.25) is 0 Å². The first-order chi connectivity index (χ1) is 8.60. The van der Waals surface area contributed by atoms with Gasteiger partial charge in [0.2, 0.25) is 0 Å². The van der Waals surface area contributed by atoms with Gasteiger partial charge in [0.1, 0.15) is 23.1 Å². The van der Waals surface area contributed by atoms with Gasteiger partial charge >= 0.3 is 0 Å². The second kappa shape index (κ2) is 5.46. The lowest BCUT2D eigenvalue weighted by molar-refractivity contribution is 0.275. The molecule has 0 aliphatic heterocycles. The predicted molar refractivity (Wildman–Crippen MR) is 66.5 cm³/mol. The van der Waals surface area contributed by atoms with E-state index < -0.39 is 11.6 Å². The number of halogens is 3. The van der Waals surface area contributed by atoms with Crippen LogP contribution >= 0.6 is 15.9 Å². The molecule has 0 saturated heterocycles. The maximum atomic E-state index is 13.3. The molecule has 0 radical (unpaired) electrons. The van der Waals surface area contributed by atoms with Crippen LogP contribution < -0.4 is 4.74 Å². The first-order valence-corrected chi connectivity index (χ1v) is 5.91. The van der Waals surface area contributed by atoms with Crippen molar-refractivity contribution in [3.63, 3.8) is 0 Å². The fourth-order valence-electron chi connectivity index (χ4n) is 1.44. The smallest absolute Gasteiger partial charge is 0.141 e. The first-order valence-electron chi connectivity index (χ1n) is 5.12. The molecule has 2 aromatic rings. The van der Waals surface area contributed by atoms with Gasteiger partial charge in [0.25, 0.3) is 0 Å². The SMILES string of the molecule is OCc1cc(F)ccc1Oc1ccc(Br)c(F)c1. The van der Waals surface area contributed by atoms with Gasteiger partial charge in [-0.15, -0.1) is 0 Å². The van der Waals surface area contributed by atoms with E-state index in [0.29, 0.717) is 15.8 Å². The highest BCUT2D eigenvalue weighted by atomic mass is 79.9. The quantitative estimate of drug-likeness (QED) is 0.927. The molecule has 0 bridgehead atoms. The molecule has 18 heavy (non-hydrogen) atoms. The number of rotatable bonds is 3. The van der Waals surface area contributed by atoms with Crippen LogP contribution in [0.3, 0.4) is 0 Å². The Bertz CT molecular complexity index is 573. The number of aliphatic hydroxyl groups excluding tert-OH is 1. The van der Waals surface area contributed by atoms with Gasteiger partial charge in [-0.2, -0.15) is 0 Å². The normalized spacial score (nSPS) is 10.4. The van der Waals surface area contributed by atoms with Crippen molar-refractivity contribution in [1.82, 2.24) is 0 Å². The Labute approximate surface area is 111 Å². The summed E-state index contributed by atoms with van der Waals surface area (Å²) in [5, 5.41) is 9.09. The van der Waals surface area contributed by atoms with Crippen molar-refractivity contribution in [3.8, 4) is 11.5 Å². The van der Waals surface area contributed by atoms with Gasteiger partial charge in [-0.1, -0.05) is 0 Å². The minimum absolute atomic E-state index is 0.275. The zero-order chi connectivity index (χ0) is 13.1. The highest BCUT2D eigenvalue weighted by molar-refractivity contribution is 9.10. The van der Waals surface area contributed by atoms with E-state index in [0.717, 1.165) is 0 Å². The van der Waals surface area contributed by atoms with E-state index in [2.05, 4.69) is 15.9 Å². The highest BCUT2D eigenvalue weighted by Gasteiger charge is 2.07. The molecule has 0 amide bonds. The third-order valence-corrected chi connectivity index (χ3v) is 2.95. The molecule has 2 aromatic carbocycles. The van der Waals surface area contributed by atoms with Crippen LogP contribution in [0.25, 0.3) is 0 Å². The summed E-state index contributed by atoms with van der Waals surface area (Å²) in [4.78, 5) is 0. The van der Waals surface area contributed by atoms with E-state index in [1.807, 2.05) is 0 Å². The zero-order valence-electron chi connectivity index (χ0n) is 9.16. The topological polar surface area (TPSA) is 29.5 Å². The van der Waals surface area contributed by atoms with E-state index in [9.17, 15) is 8.78 Å². The Hall–Kier alpha value is -1.46. The summed E-state index contributed by atoms with van der Waals surface area (Å²) >= 11 is 3.03. The summed E-state index contributed by atoms with van der Waals surface area (Å²) < 4.78 is 32.0. The van der Waals surface area contributed by atoms with Crippen LogP contribution in [0.15, 0.2) is 40.9 Å². The van der Waals surface area contributed by atoms with Crippen molar-refractivity contribution >= 4 is 15.9 Å². The molecule has 1 N–H and O–H groups in total. The fourth-order valence-corrected chi connectivity index (χ4v) is 1.69. The maximum absolute atomic E-state index is 13.3. The number of hydrogen-bond donors (Lipinski definition) is 1. The van der Waals surface area contributed by atoms with Crippen LogP contribution in [-0.4, -0.2) is 5.11 Å². The Morgan fingerprint density at radius 2 is 1.89 bits per heavy atom. The summed E-state index contributed by atoms with van der Waals surface area (Å²) in [7, 11) is 0. The van der Waals surface area contributed by atoms with Crippen LogP contribution in [0.1, 0.15) is 5.56 Å². The zero-order valence-corrected chi connectivity index (χ0v) is 10.7. The molecular formula is C13H9BrF2O2. The average Bonchev–Trinajstić information content (AvgIpc) is 2.36. The molecule has 0 spiro atoms. The standard InChI is InChI=1S/C13H9BrF2O2/c14-11-3-2-10(6-12(11)16)18-13-4-1-9(15)5-8(13)7-17/h1-6,17H,7H2. The van der Waals surface area contributed by atoms with Gasteiger partial charge in [-0.25, -0.2) is 8.78 Å². The second-order valence-corrected chi connectivity index (χ2v) is 4.44. The number of ether oxygens (including phenoxy) is 1. The lowest BCUT2D eigenvalue weighted by atomic mass is 10.2. The van der Waals surface area contributed by atoms with Gasteiger partial charge in [0, 0.05) is 11.6 Å². The third kappa shape index (κ3) is 2.86. The highest BCUT2D eigenvalue weighted by Crippen LogP contribution is 2.28. The molecular weight excluding hydrogens is 306 g/mol. The largest absolute Gasteiger partial charge is 0.457 e. The van der Waals surface area contributed by atoms with Crippen LogP contribution in [-0.2, 0) is 6.61 Å². The minimum atomic E-state index is -0.464. The molecule has 0 aliphatic carbocycles. The Morgan fingerprint density at radius 3 is 2.56 bits per heavy atom. The summed E-state index contributed by atoms with van der Waals surface area (Å²) in [6.45, 7) is -0.355. The van der Waals surface area contributed by atoms with Crippen LogP contribution in [0.5, 0.6) is 11.5 Å². The molecule has 0 heterocycles. The second-order valence-electron chi connectivity index (χ2n) is 3.59.